The monoisotopic (exact) mass is 661 g/mol. The van der Waals surface area contributed by atoms with Crippen LogP contribution in [0.4, 0.5) is 0 Å². The number of hydrogen-bond donors (Lipinski definition) is 2. The van der Waals surface area contributed by atoms with Crippen LogP contribution in [0.1, 0.15) is 61.3 Å². The smallest absolute Gasteiger partial charge is 0.0991 e. The van der Waals surface area contributed by atoms with Gasteiger partial charge in [-0.05, 0) is 85.8 Å². The van der Waals surface area contributed by atoms with Gasteiger partial charge in [0.25, 0.3) is 0 Å². The number of fused-ring (bicyclic) bond motifs is 1. The van der Waals surface area contributed by atoms with E-state index >= 15 is 0 Å². The van der Waals surface area contributed by atoms with Crippen LogP contribution >= 0.6 is 0 Å². The molecule has 0 fully saturated rings. The second-order valence-corrected chi connectivity index (χ2v) is 13.6. The van der Waals surface area contributed by atoms with Crippen LogP contribution in [0.5, 0.6) is 0 Å². The van der Waals surface area contributed by atoms with Crippen molar-refractivity contribution in [3.8, 4) is 39.4 Å². The first kappa shape index (κ1) is 33.7. The minimum atomic E-state index is -0.0344. The van der Waals surface area contributed by atoms with E-state index in [1.807, 2.05) is 24.3 Å². The fourth-order valence-electron chi connectivity index (χ4n) is 7.09. The third-order valence-corrected chi connectivity index (χ3v) is 9.89. The Kier molecular flexibility index (Phi) is 10.2. The van der Waals surface area contributed by atoms with Crippen LogP contribution in [0.3, 0.4) is 0 Å². The third-order valence-electron chi connectivity index (χ3n) is 9.89. The first-order valence-corrected chi connectivity index (χ1v) is 17.8. The van der Waals surface area contributed by atoms with Crippen molar-refractivity contribution < 1.29 is 0 Å². The molecule has 0 aromatic heterocycles. The van der Waals surface area contributed by atoms with Gasteiger partial charge in [0.2, 0.25) is 0 Å². The highest BCUT2D eigenvalue weighted by atomic mass is 15.2. The van der Waals surface area contributed by atoms with Gasteiger partial charge >= 0.3 is 0 Å². The summed E-state index contributed by atoms with van der Waals surface area (Å²) in [5, 5.41) is 19.5. The molecule has 0 aliphatic carbocycles. The zero-order valence-electron chi connectivity index (χ0n) is 29.4. The van der Waals surface area contributed by atoms with Crippen LogP contribution in [0.25, 0.3) is 44.2 Å². The SMILES string of the molecule is CC(NC(NC(c1ccccc1)C(C)C)c1ccccc1)c1ccc(-c2ccc3ccccc3c2-c2ccc(-c3ccc(C#N)cc3)cc2)cc1. The van der Waals surface area contributed by atoms with E-state index < -0.39 is 0 Å². The van der Waals surface area contributed by atoms with Gasteiger partial charge < -0.3 is 0 Å². The van der Waals surface area contributed by atoms with Gasteiger partial charge in [-0.1, -0.05) is 172 Å². The summed E-state index contributed by atoms with van der Waals surface area (Å²) in [6.07, 6.45) is -0.0344. The third kappa shape index (κ3) is 7.54. The van der Waals surface area contributed by atoms with Crippen LogP contribution in [-0.4, -0.2) is 0 Å². The lowest BCUT2D eigenvalue weighted by Crippen LogP contribution is -2.39. The normalized spacial score (nSPS) is 13.1. The first-order chi connectivity index (χ1) is 25.0. The fraction of sp³-hybridized carbons (Fsp3) is 0.146. The molecule has 0 radical (unpaired) electrons. The van der Waals surface area contributed by atoms with Gasteiger partial charge in [-0.25, -0.2) is 0 Å². The van der Waals surface area contributed by atoms with E-state index in [1.165, 1.54) is 49.7 Å². The highest BCUT2D eigenvalue weighted by Gasteiger charge is 2.23. The Bertz CT molecular complexity index is 2230. The van der Waals surface area contributed by atoms with Crippen LogP contribution in [0.15, 0.2) is 170 Å². The van der Waals surface area contributed by atoms with E-state index in [2.05, 4.69) is 183 Å². The number of hydrogen-bond acceptors (Lipinski definition) is 3. The molecular weight excluding hydrogens is 619 g/mol. The van der Waals surface area contributed by atoms with E-state index in [1.54, 1.807) is 0 Å². The average molecular weight is 662 g/mol. The Morgan fingerprint density at radius 2 is 1.02 bits per heavy atom. The largest absolute Gasteiger partial charge is 0.291 e. The molecule has 3 unspecified atom stereocenters. The summed E-state index contributed by atoms with van der Waals surface area (Å²) in [5.74, 6) is 0.415. The van der Waals surface area contributed by atoms with E-state index in [9.17, 15) is 5.26 Å². The van der Waals surface area contributed by atoms with Gasteiger partial charge in [0.15, 0.2) is 0 Å². The number of nitrogens with zero attached hydrogens (tertiary/aromatic N) is 1. The summed E-state index contributed by atoms with van der Waals surface area (Å²) in [6, 6.07) is 62.7. The lowest BCUT2D eigenvalue weighted by Gasteiger charge is -2.32. The maximum atomic E-state index is 9.21. The molecule has 0 amide bonds. The number of nitriles is 1. The molecule has 2 N–H and O–H groups in total. The quantitative estimate of drug-likeness (QED) is 0.136. The molecule has 0 saturated heterocycles. The molecule has 0 bridgehead atoms. The second-order valence-electron chi connectivity index (χ2n) is 13.6. The Morgan fingerprint density at radius 1 is 0.471 bits per heavy atom. The summed E-state index contributed by atoms with van der Waals surface area (Å²) in [4.78, 5) is 0. The number of nitrogens with one attached hydrogen (secondary N) is 2. The molecule has 7 aromatic carbocycles. The summed E-state index contributed by atoms with van der Waals surface area (Å²) in [7, 11) is 0. The van der Waals surface area contributed by atoms with Gasteiger partial charge in [0.05, 0.1) is 17.8 Å². The van der Waals surface area contributed by atoms with Crippen molar-refractivity contribution in [3.63, 3.8) is 0 Å². The molecule has 0 aliphatic rings. The van der Waals surface area contributed by atoms with Gasteiger partial charge in [0.1, 0.15) is 0 Å². The minimum absolute atomic E-state index is 0.0344. The molecule has 0 spiro atoms. The van der Waals surface area contributed by atoms with Gasteiger partial charge in [-0.3, -0.25) is 10.6 Å². The second kappa shape index (κ2) is 15.4. The average Bonchev–Trinajstić information content (AvgIpc) is 3.19. The Morgan fingerprint density at radius 3 is 1.65 bits per heavy atom. The van der Waals surface area contributed by atoms with Crippen molar-refractivity contribution in [3.05, 3.63) is 192 Å². The van der Waals surface area contributed by atoms with Crippen molar-refractivity contribution in [1.82, 2.24) is 10.6 Å². The number of rotatable bonds is 11. The molecule has 250 valence electrons. The van der Waals surface area contributed by atoms with Gasteiger partial charge in [0, 0.05) is 12.1 Å². The van der Waals surface area contributed by atoms with Crippen LogP contribution in [-0.2, 0) is 0 Å². The molecule has 0 saturated carbocycles. The maximum absolute atomic E-state index is 9.21. The lowest BCUT2D eigenvalue weighted by atomic mass is 9.88. The van der Waals surface area contributed by atoms with E-state index in [4.69, 9.17) is 0 Å². The van der Waals surface area contributed by atoms with Crippen LogP contribution in [0, 0.1) is 17.2 Å². The van der Waals surface area contributed by atoms with E-state index in [-0.39, 0.29) is 18.2 Å². The predicted molar refractivity (Wildman–Crippen MR) is 213 cm³/mol. The predicted octanol–water partition coefficient (Wildman–Crippen LogP) is 12.0. The first-order valence-electron chi connectivity index (χ1n) is 17.8. The maximum Gasteiger partial charge on any atom is 0.0991 e. The Hall–Kier alpha value is -5.79. The van der Waals surface area contributed by atoms with Crippen LogP contribution in [0.2, 0.25) is 0 Å². The van der Waals surface area contributed by atoms with E-state index in [0.717, 1.165) is 11.1 Å². The molecule has 7 aromatic rings. The van der Waals surface area contributed by atoms with Crippen LogP contribution < -0.4 is 10.6 Å². The zero-order chi connectivity index (χ0) is 35.2. The van der Waals surface area contributed by atoms with Crippen molar-refractivity contribution >= 4 is 10.8 Å². The Balaban J connectivity index is 1.18. The molecule has 0 aliphatic heterocycles. The molecule has 0 heterocycles. The molecule has 7 rings (SSSR count). The highest BCUT2D eigenvalue weighted by molar-refractivity contribution is 6.04. The molecule has 51 heavy (non-hydrogen) atoms. The van der Waals surface area contributed by atoms with Crippen molar-refractivity contribution in [1.29, 1.82) is 5.26 Å². The van der Waals surface area contributed by atoms with Crippen molar-refractivity contribution in [2.24, 2.45) is 5.92 Å². The standard InChI is InChI=1S/C48H43N3/c1-33(2)47(42-13-6-4-7-14-42)51-48(43-15-8-5-9-16-43)50-34(3)36-22-26-40(27-23-36)45-31-30-39-12-10-11-17-44(39)46(45)41-28-24-38(25-29-41)37-20-18-35(32-49)19-21-37/h4-31,33-34,47-48,50-51H,1-3H3. The fourth-order valence-corrected chi connectivity index (χ4v) is 7.09. The van der Waals surface area contributed by atoms with Gasteiger partial charge in [-0.15, -0.1) is 0 Å². The zero-order valence-corrected chi connectivity index (χ0v) is 29.4. The summed E-state index contributed by atoms with van der Waals surface area (Å²) in [5.41, 5.74) is 11.4. The van der Waals surface area contributed by atoms with Crippen molar-refractivity contribution in [2.75, 3.05) is 0 Å². The van der Waals surface area contributed by atoms with Crippen molar-refractivity contribution in [2.45, 2.75) is 39.0 Å². The summed E-state index contributed by atoms with van der Waals surface area (Å²) in [6.45, 7) is 6.80. The molecule has 3 atom stereocenters. The minimum Gasteiger partial charge on any atom is -0.291 e. The molecule has 3 nitrogen and oxygen atoms in total. The highest BCUT2D eigenvalue weighted by Crippen LogP contribution is 2.39. The molecule has 3 heteroatoms. The number of benzene rings is 7. The Labute approximate surface area is 302 Å². The lowest BCUT2D eigenvalue weighted by molar-refractivity contribution is 0.308. The molecular formula is C48H43N3. The summed E-state index contributed by atoms with van der Waals surface area (Å²) < 4.78 is 0. The summed E-state index contributed by atoms with van der Waals surface area (Å²) >= 11 is 0. The topological polar surface area (TPSA) is 47.8 Å². The van der Waals surface area contributed by atoms with Gasteiger partial charge in [-0.2, -0.15) is 5.26 Å². The van der Waals surface area contributed by atoms with E-state index in [0.29, 0.717) is 11.5 Å².